The molecule has 2 amide bonds. The van der Waals surface area contributed by atoms with Gasteiger partial charge in [-0.05, 0) is 149 Å². The fourth-order valence-electron chi connectivity index (χ4n) is 12.8. The second kappa shape index (κ2) is 20.7. The van der Waals surface area contributed by atoms with Gasteiger partial charge in [-0.15, -0.1) is 0 Å². The highest BCUT2D eigenvalue weighted by Crippen LogP contribution is 2.68. The van der Waals surface area contributed by atoms with E-state index in [1.54, 1.807) is 0 Å². The van der Waals surface area contributed by atoms with Crippen LogP contribution in [0, 0.1) is 46.3 Å². The normalized spacial score (nSPS) is 35.1. The Morgan fingerprint density at radius 2 is 1.38 bits per heavy atom. The lowest BCUT2D eigenvalue weighted by atomic mass is 9.43. The van der Waals surface area contributed by atoms with E-state index >= 15 is 0 Å². The van der Waals surface area contributed by atoms with Crippen molar-refractivity contribution >= 4 is 11.8 Å². The van der Waals surface area contributed by atoms with Crippen LogP contribution in [-0.4, -0.2) is 58.3 Å². The van der Waals surface area contributed by atoms with Crippen molar-refractivity contribution in [1.82, 2.24) is 10.2 Å². The maximum absolute atomic E-state index is 13.2. The monoisotopic (exact) mass is 739 g/mol. The average molecular weight is 739 g/mol. The highest BCUT2D eigenvalue weighted by Gasteiger charge is 2.62. The number of carbonyl (C=O) groups excluding carboxylic acids is 2. The standard InChI is InChI=1S/C47H82N2O4/c1-5-6-7-8-9-10-11-12-13-14-15-16-17-18-19-20-44(53)49-31-27-37(28-32-49)48-43(52)24-21-35(2)39-22-23-40-45-41(26-30-47(39,40)4)46(3)29-25-38(50)33-36(46)34-42(45)51/h12-13,35-42,45,50-51H,5-11,14-34H2,1-4H3,(H,48,52)/b13-12-/t35-,36+,38-,39?,40+,41+,42-,45+,46+,47-/m1/s1. The molecule has 0 radical (unpaired) electrons. The van der Waals surface area contributed by atoms with Crippen molar-refractivity contribution in [2.75, 3.05) is 13.1 Å². The van der Waals surface area contributed by atoms with Gasteiger partial charge in [0.2, 0.25) is 11.8 Å². The van der Waals surface area contributed by atoms with Gasteiger partial charge in [0.15, 0.2) is 0 Å². The summed E-state index contributed by atoms with van der Waals surface area (Å²) in [5.41, 5.74) is 0.512. The van der Waals surface area contributed by atoms with E-state index < -0.39 is 0 Å². The summed E-state index contributed by atoms with van der Waals surface area (Å²) in [6.07, 6.45) is 33.4. The SMILES string of the molecule is CCCCCCCC/C=C\CCCCCCCC(=O)N1CCC(NC(=O)CC[C@@H](C)C2CC[C@H]3[C@@H]4[C@H](O)C[C@@H]5C[C@H](O)CC[C@]5(C)[C@H]4CC[C@]23C)CC1. The van der Waals surface area contributed by atoms with Crippen LogP contribution in [0.3, 0.4) is 0 Å². The van der Waals surface area contributed by atoms with Crippen molar-refractivity contribution in [2.45, 2.75) is 213 Å². The van der Waals surface area contributed by atoms with Gasteiger partial charge in [-0.2, -0.15) is 0 Å². The molecule has 4 saturated carbocycles. The largest absolute Gasteiger partial charge is 0.393 e. The lowest BCUT2D eigenvalue weighted by molar-refractivity contribution is -0.174. The van der Waals surface area contributed by atoms with Crippen LogP contribution >= 0.6 is 0 Å². The first-order valence-electron chi connectivity index (χ1n) is 23.1. The Hall–Kier alpha value is -1.40. The molecule has 0 aromatic heterocycles. The topological polar surface area (TPSA) is 89.9 Å². The molecule has 0 aromatic rings. The summed E-state index contributed by atoms with van der Waals surface area (Å²) in [6.45, 7) is 11.2. The number of piperidine rings is 1. The van der Waals surface area contributed by atoms with Crippen molar-refractivity contribution in [3.8, 4) is 0 Å². The maximum Gasteiger partial charge on any atom is 0.222 e. The minimum Gasteiger partial charge on any atom is -0.393 e. The average Bonchev–Trinajstić information content (AvgIpc) is 3.50. The Balaban J connectivity index is 0.920. The van der Waals surface area contributed by atoms with Crippen LogP contribution in [-0.2, 0) is 9.59 Å². The Morgan fingerprint density at radius 1 is 0.755 bits per heavy atom. The van der Waals surface area contributed by atoms with E-state index in [0.29, 0.717) is 54.3 Å². The molecule has 0 bridgehead atoms. The van der Waals surface area contributed by atoms with Crippen LogP contribution in [0.5, 0.6) is 0 Å². The van der Waals surface area contributed by atoms with E-state index in [2.05, 4.69) is 45.2 Å². The van der Waals surface area contributed by atoms with Gasteiger partial charge >= 0.3 is 0 Å². The molecule has 1 aliphatic heterocycles. The van der Waals surface area contributed by atoms with Crippen LogP contribution in [0.25, 0.3) is 0 Å². The molecular weight excluding hydrogens is 657 g/mol. The minimum atomic E-state index is -0.235. The third-order valence-corrected chi connectivity index (χ3v) is 16.1. The van der Waals surface area contributed by atoms with Gasteiger partial charge in [-0.3, -0.25) is 9.59 Å². The molecule has 5 fully saturated rings. The molecule has 1 saturated heterocycles. The number of nitrogens with zero attached hydrogens (tertiary/aromatic N) is 1. The van der Waals surface area contributed by atoms with E-state index in [1.807, 2.05) is 4.90 Å². The van der Waals surface area contributed by atoms with Gasteiger partial charge < -0.3 is 20.4 Å². The van der Waals surface area contributed by atoms with Crippen molar-refractivity contribution in [2.24, 2.45) is 46.3 Å². The number of amides is 2. The molecule has 4 aliphatic carbocycles. The van der Waals surface area contributed by atoms with Gasteiger partial charge in [-0.25, -0.2) is 0 Å². The van der Waals surface area contributed by atoms with E-state index in [-0.39, 0.29) is 35.0 Å². The molecule has 1 unspecified atom stereocenters. The molecule has 0 spiro atoms. The third-order valence-electron chi connectivity index (χ3n) is 16.1. The van der Waals surface area contributed by atoms with Crippen LogP contribution in [0.2, 0.25) is 0 Å². The number of hydrogen-bond acceptors (Lipinski definition) is 4. The second-order valence-electron chi connectivity index (χ2n) is 19.5. The van der Waals surface area contributed by atoms with E-state index in [9.17, 15) is 19.8 Å². The highest BCUT2D eigenvalue weighted by molar-refractivity contribution is 5.77. The van der Waals surface area contributed by atoms with Gasteiger partial charge in [-0.1, -0.05) is 91.2 Å². The molecule has 304 valence electrons. The number of aliphatic hydroxyl groups is 2. The Bertz CT molecular complexity index is 1150. The molecule has 10 atom stereocenters. The van der Waals surface area contributed by atoms with Crippen LogP contribution < -0.4 is 5.32 Å². The quantitative estimate of drug-likeness (QED) is 0.0857. The maximum atomic E-state index is 13.2. The predicted octanol–water partition coefficient (Wildman–Crippen LogP) is 10.5. The van der Waals surface area contributed by atoms with Crippen LogP contribution in [0.15, 0.2) is 12.2 Å². The molecule has 6 nitrogen and oxygen atoms in total. The first-order valence-corrected chi connectivity index (χ1v) is 23.1. The number of carbonyl (C=O) groups is 2. The van der Waals surface area contributed by atoms with Crippen molar-refractivity contribution in [3.63, 3.8) is 0 Å². The predicted molar refractivity (Wildman–Crippen MR) is 218 cm³/mol. The molecular formula is C47H82N2O4. The van der Waals surface area contributed by atoms with Crippen molar-refractivity contribution in [1.29, 1.82) is 0 Å². The molecule has 5 rings (SSSR count). The first-order chi connectivity index (χ1) is 25.6. The van der Waals surface area contributed by atoms with Gasteiger partial charge in [0.1, 0.15) is 0 Å². The number of allylic oxidation sites excluding steroid dienone is 2. The van der Waals surface area contributed by atoms with Crippen molar-refractivity contribution < 1.29 is 19.8 Å². The van der Waals surface area contributed by atoms with Gasteiger partial charge in [0.05, 0.1) is 12.2 Å². The lowest BCUT2D eigenvalue weighted by Crippen LogP contribution is -2.58. The fraction of sp³-hybridized carbons (Fsp3) is 0.915. The Kier molecular flexibility index (Phi) is 16.7. The summed E-state index contributed by atoms with van der Waals surface area (Å²) >= 11 is 0. The zero-order valence-corrected chi connectivity index (χ0v) is 34.8. The van der Waals surface area contributed by atoms with E-state index in [0.717, 1.165) is 70.9 Å². The van der Waals surface area contributed by atoms with E-state index in [4.69, 9.17) is 0 Å². The summed E-state index contributed by atoms with van der Waals surface area (Å²) in [5.74, 6) is 3.59. The van der Waals surface area contributed by atoms with Crippen LogP contribution in [0.4, 0.5) is 0 Å². The lowest BCUT2D eigenvalue weighted by Gasteiger charge is -2.62. The fourth-order valence-corrected chi connectivity index (χ4v) is 12.8. The first kappa shape index (κ1) is 42.7. The summed E-state index contributed by atoms with van der Waals surface area (Å²) in [7, 11) is 0. The van der Waals surface area contributed by atoms with Crippen molar-refractivity contribution in [3.05, 3.63) is 12.2 Å². The molecule has 6 heteroatoms. The third kappa shape index (κ3) is 11.1. The summed E-state index contributed by atoms with van der Waals surface area (Å²) < 4.78 is 0. The molecule has 0 aromatic carbocycles. The Labute approximate surface area is 325 Å². The number of hydrogen-bond donors (Lipinski definition) is 3. The van der Waals surface area contributed by atoms with Crippen LogP contribution in [0.1, 0.15) is 195 Å². The van der Waals surface area contributed by atoms with Gasteiger partial charge in [0, 0.05) is 32.0 Å². The van der Waals surface area contributed by atoms with E-state index in [1.165, 1.54) is 96.3 Å². The molecule has 53 heavy (non-hydrogen) atoms. The number of rotatable bonds is 20. The number of unbranched alkanes of at least 4 members (excludes halogenated alkanes) is 11. The Morgan fingerprint density at radius 3 is 2.08 bits per heavy atom. The number of aliphatic hydroxyl groups excluding tert-OH is 2. The molecule has 1 heterocycles. The number of nitrogens with one attached hydrogen (secondary N) is 1. The highest BCUT2D eigenvalue weighted by atomic mass is 16.3. The second-order valence-corrected chi connectivity index (χ2v) is 19.5. The summed E-state index contributed by atoms with van der Waals surface area (Å²) in [5, 5.41) is 25.3. The minimum absolute atomic E-state index is 0.180. The smallest absolute Gasteiger partial charge is 0.222 e. The molecule has 5 aliphatic rings. The zero-order valence-electron chi connectivity index (χ0n) is 34.8. The number of fused-ring (bicyclic) bond motifs is 5. The zero-order chi connectivity index (χ0) is 37.8. The summed E-state index contributed by atoms with van der Waals surface area (Å²) in [6, 6.07) is 0.184. The summed E-state index contributed by atoms with van der Waals surface area (Å²) in [4.78, 5) is 28.1. The molecule has 3 N–H and O–H groups in total. The number of likely N-dealkylation sites (tertiary alicyclic amines) is 1. The van der Waals surface area contributed by atoms with Gasteiger partial charge in [0.25, 0.3) is 0 Å².